The second-order valence-corrected chi connectivity index (χ2v) is 8.58. The number of benzene rings is 1. The summed E-state index contributed by atoms with van der Waals surface area (Å²) >= 11 is 0. The van der Waals surface area contributed by atoms with Gasteiger partial charge in [0.05, 0.1) is 17.9 Å². The molecule has 0 bridgehead atoms. The van der Waals surface area contributed by atoms with Crippen LogP contribution in [-0.4, -0.2) is 41.4 Å². The van der Waals surface area contributed by atoms with Gasteiger partial charge in [-0.2, -0.15) is 13.2 Å². The summed E-state index contributed by atoms with van der Waals surface area (Å²) in [5.41, 5.74) is 0.189. The standard InChI is InChI=1S/C23H27F4N3O4/c1-14(18-10-9-17(12-28-18)33-13-23(25,26)27)29-20(31)19(30-21(32)34-22(2,3)4)11-15-5-7-16(24)8-6-15/h5-10,12,14,19H,11,13H2,1-4H3,(H,29,31)(H,30,32)/t14-,19+/m1/s1. The van der Waals surface area contributed by atoms with E-state index in [0.717, 1.165) is 6.20 Å². The van der Waals surface area contributed by atoms with Crippen LogP contribution in [-0.2, 0) is 16.0 Å². The summed E-state index contributed by atoms with van der Waals surface area (Å²) in [7, 11) is 0. The molecule has 34 heavy (non-hydrogen) atoms. The number of aromatic nitrogens is 1. The summed E-state index contributed by atoms with van der Waals surface area (Å²) in [6, 6.07) is 6.53. The zero-order valence-electron chi connectivity index (χ0n) is 19.2. The maximum absolute atomic E-state index is 13.2. The van der Waals surface area contributed by atoms with E-state index in [9.17, 15) is 27.2 Å². The van der Waals surface area contributed by atoms with E-state index in [1.807, 2.05) is 0 Å². The van der Waals surface area contributed by atoms with Gasteiger partial charge in [-0.05, 0) is 57.5 Å². The number of rotatable bonds is 8. The molecule has 7 nitrogen and oxygen atoms in total. The van der Waals surface area contributed by atoms with Crippen molar-refractivity contribution in [3.05, 3.63) is 59.7 Å². The number of nitrogens with one attached hydrogen (secondary N) is 2. The predicted molar refractivity (Wildman–Crippen MR) is 116 cm³/mol. The Kier molecular flexibility index (Phi) is 8.83. The van der Waals surface area contributed by atoms with Crippen LogP contribution in [0.25, 0.3) is 0 Å². The SMILES string of the molecule is C[C@@H](NC(=O)[C@H](Cc1ccc(F)cc1)NC(=O)OC(C)(C)C)c1ccc(OCC(F)(F)F)cn1. The molecular weight excluding hydrogens is 458 g/mol. The molecule has 0 saturated carbocycles. The molecule has 1 aromatic carbocycles. The van der Waals surface area contributed by atoms with Crippen LogP contribution in [0.5, 0.6) is 5.75 Å². The fourth-order valence-corrected chi connectivity index (χ4v) is 2.80. The number of carbonyl (C=O) groups is 2. The molecular formula is C23H27F4N3O4. The van der Waals surface area contributed by atoms with Gasteiger partial charge < -0.3 is 20.1 Å². The molecule has 2 rings (SSSR count). The zero-order chi connectivity index (χ0) is 25.5. The molecule has 0 fully saturated rings. The summed E-state index contributed by atoms with van der Waals surface area (Å²) in [6.07, 6.45) is -4.08. The van der Waals surface area contributed by atoms with Gasteiger partial charge in [-0.25, -0.2) is 9.18 Å². The minimum atomic E-state index is -4.47. The molecule has 11 heteroatoms. The fraction of sp³-hybridized carbons (Fsp3) is 0.435. The zero-order valence-corrected chi connectivity index (χ0v) is 19.2. The monoisotopic (exact) mass is 485 g/mol. The summed E-state index contributed by atoms with van der Waals surface area (Å²) in [4.78, 5) is 29.2. The first-order valence-corrected chi connectivity index (χ1v) is 10.4. The minimum absolute atomic E-state index is 0.0652. The van der Waals surface area contributed by atoms with E-state index >= 15 is 0 Å². The van der Waals surface area contributed by atoms with Crippen molar-refractivity contribution in [1.29, 1.82) is 0 Å². The van der Waals surface area contributed by atoms with E-state index in [1.54, 1.807) is 27.7 Å². The van der Waals surface area contributed by atoms with Gasteiger partial charge in [-0.3, -0.25) is 9.78 Å². The number of alkyl halides is 3. The van der Waals surface area contributed by atoms with Gasteiger partial charge in [0.15, 0.2) is 6.61 Å². The average molecular weight is 485 g/mol. The summed E-state index contributed by atoms with van der Waals surface area (Å²) in [6.45, 7) is 5.22. The highest BCUT2D eigenvalue weighted by Crippen LogP contribution is 2.19. The highest BCUT2D eigenvalue weighted by molar-refractivity contribution is 5.86. The third kappa shape index (κ3) is 9.63. The molecule has 0 unspecified atom stereocenters. The molecule has 2 amide bonds. The molecule has 186 valence electrons. The van der Waals surface area contributed by atoms with Crippen LogP contribution in [0, 0.1) is 5.82 Å². The van der Waals surface area contributed by atoms with Gasteiger partial charge in [0, 0.05) is 6.42 Å². The molecule has 0 aliphatic carbocycles. The van der Waals surface area contributed by atoms with Crippen LogP contribution in [0.3, 0.4) is 0 Å². The summed E-state index contributed by atoms with van der Waals surface area (Å²) < 4.78 is 59.9. The molecule has 0 saturated heterocycles. The van der Waals surface area contributed by atoms with Crippen LogP contribution in [0.2, 0.25) is 0 Å². The first-order valence-electron chi connectivity index (χ1n) is 10.4. The number of pyridine rings is 1. The van der Waals surface area contributed by atoms with Gasteiger partial charge >= 0.3 is 12.3 Å². The lowest BCUT2D eigenvalue weighted by atomic mass is 10.0. The van der Waals surface area contributed by atoms with E-state index in [1.165, 1.54) is 36.4 Å². The highest BCUT2D eigenvalue weighted by atomic mass is 19.4. The first kappa shape index (κ1) is 26.9. The molecule has 1 aromatic heterocycles. The third-order valence-corrected chi connectivity index (χ3v) is 4.32. The number of alkyl carbamates (subject to hydrolysis) is 1. The number of halogens is 4. The third-order valence-electron chi connectivity index (χ3n) is 4.32. The van der Waals surface area contributed by atoms with Crippen molar-refractivity contribution in [3.8, 4) is 5.75 Å². The van der Waals surface area contributed by atoms with E-state index < -0.39 is 48.3 Å². The molecule has 2 atom stereocenters. The smallest absolute Gasteiger partial charge is 0.422 e. The van der Waals surface area contributed by atoms with Crippen molar-refractivity contribution in [2.75, 3.05) is 6.61 Å². The topological polar surface area (TPSA) is 89.6 Å². The van der Waals surface area contributed by atoms with Crippen molar-refractivity contribution < 1.29 is 36.6 Å². The van der Waals surface area contributed by atoms with Crippen molar-refractivity contribution in [2.24, 2.45) is 0 Å². The quantitative estimate of drug-likeness (QED) is 0.539. The number of hydrogen-bond donors (Lipinski definition) is 2. The molecule has 0 spiro atoms. The molecule has 0 radical (unpaired) electrons. The molecule has 0 aliphatic rings. The van der Waals surface area contributed by atoms with Crippen molar-refractivity contribution in [1.82, 2.24) is 15.6 Å². The molecule has 0 aliphatic heterocycles. The van der Waals surface area contributed by atoms with Crippen LogP contribution in [0.4, 0.5) is 22.4 Å². The lowest BCUT2D eigenvalue weighted by Gasteiger charge is -2.24. The average Bonchev–Trinajstić information content (AvgIpc) is 2.71. The second-order valence-electron chi connectivity index (χ2n) is 8.58. The van der Waals surface area contributed by atoms with Gasteiger partial charge in [0.25, 0.3) is 0 Å². The molecule has 2 aromatic rings. The van der Waals surface area contributed by atoms with Crippen LogP contribution >= 0.6 is 0 Å². The number of carbonyl (C=O) groups excluding carboxylic acids is 2. The Balaban J connectivity index is 2.08. The maximum Gasteiger partial charge on any atom is 0.422 e. The van der Waals surface area contributed by atoms with Crippen LogP contribution < -0.4 is 15.4 Å². The van der Waals surface area contributed by atoms with Gasteiger partial charge in [0.1, 0.15) is 23.2 Å². The van der Waals surface area contributed by atoms with Crippen molar-refractivity contribution >= 4 is 12.0 Å². The van der Waals surface area contributed by atoms with E-state index in [4.69, 9.17) is 4.74 Å². The highest BCUT2D eigenvalue weighted by Gasteiger charge is 2.29. The number of amides is 2. The first-order chi connectivity index (χ1) is 15.7. The Morgan fingerprint density at radius 2 is 1.68 bits per heavy atom. The number of ether oxygens (including phenoxy) is 2. The Morgan fingerprint density at radius 1 is 1.03 bits per heavy atom. The molecule has 1 heterocycles. The predicted octanol–water partition coefficient (Wildman–Crippen LogP) is 4.48. The Morgan fingerprint density at radius 3 is 2.21 bits per heavy atom. The second kappa shape index (κ2) is 11.2. The van der Waals surface area contributed by atoms with Crippen molar-refractivity contribution in [3.63, 3.8) is 0 Å². The maximum atomic E-state index is 13.2. The Labute approximate surface area is 194 Å². The fourth-order valence-electron chi connectivity index (χ4n) is 2.80. The van der Waals surface area contributed by atoms with E-state index in [2.05, 4.69) is 20.4 Å². The van der Waals surface area contributed by atoms with Gasteiger partial charge in [0.2, 0.25) is 5.91 Å². The number of nitrogens with zero attached hydrogens (tertiary/aromatic N) is 1. The molecule has 2 N–H and O–H groups in total. The van der Waals surface area contributed by atoms with E-state index in [0.29, 0.717) is 11.3 Å². The van der Waals surface area contributed by atoms with Crippen LogP contribution in [0.1, 0.15) is 45.0 Å². The van der Waals surface area contributed by atoms with Gasteiger partial charge in [-0.15, -0.1) is 0 Å². The summed E-state index contributed by atoms with van der Waals surface area (Å²) in [5.74, 6) is -1.06. The van der Waals surface area contributed by atoms with Crippen molar-refractivity contribution in [2.45, 2.75) is 58.0 Å². The summed E-state index contributed by atoms with van der Waals surface area (Å²) in [5, 5.41) is 5.22. The largest absolute Gasteiger partial charge is 0.483 e. The minimum Gasteiger partial charge on any atom is -0.483 e. The number of hydrogen-bond acceptors (Lipinski definition) is 5. The van der Waals surface area contributed by atoms with Crippen LogP contribution in [0.15, 0.2) is 42.6 Å². The normalized spacial score (nSPS) is 13.5. The lowest BCUT2D eigenvalue weighted by Crippen LogP contribution is -2.49. The Bertz CT molecular complexity index is 958. The lowest BCUT2D eigenvalue weighted by molar-refractivity contribution is -0.153. The Hall–Kier alpha value is -3.37. The van der Waals surface area contributed by atoms with Gasteiger partial charge in [-0.1, -0.05) is 12.1 Å². The van der Waals surface area contributed by atoms with E-state index in [-0.39, 0.29) is 12.2 Å².